The fourth-order valence-corrected chi connectivity index (χ4v) is 2.64. The van der Waals surface area contributed by atoms with E-state index in [0.29, 0.717) is 12.4 Å². The predicted octanol–water partition coefficient (Wildman–Crippen LogP) is 1.67. The monoisotopic (exact) mass is 306 g/mol. The van der Waals surface area contributed by atoms with Gasteiger partial charge in [0.15, 0.2) is 0 Å². The highest BCUT2D eigenvalue weighted by molar-refractivity contribution is 7.99. The Balaban J connectivity index is 3.46. The molecule has 6 heteroatoms. The number of carbonyl (C=O) groups excluding carboxylic acids is 2. The number of aliphatic hydroxyl groups is 1. The van der Waals surface area contributed by atoms with Crippen LogP contribution >= 0.6 is 11.8 Å². The molecule has 0 saturated heterocycles. The Labute approximate surface area is 125 Å². The molecule has 0 aromatic carbocycles. The number of ether oxygens (including phenoxy) is 2. The van der Waals surface area contributed by atoms with E-state index in [1.54, 1.807) is 18.7 Å². The molecule has 0 aliphatic carbocycles. The molecule has 0 rings (SSSR count). The van der Waals surface area contributed by atoms with Crippen molar-refractivity contribution in [2.45, 2.75) is 39.7 Å². The van der Waals surface area contributed by atoms with Crippen molar-refractivity contribution in [1.29, 1.82) is 0 Å². The normalized spacial score (nSPS) is 13.8. The van der Waals surface area contributed by atoms with Crippen LogP contribution in [-0.2, 0) is 19.1 Å². The molecule has 0 radical (unpaired) electrons. The number of aliphatic hydroxyl groups excluding tert-OH is 1. The van der Waals surface area contributed by atoms with Crippen LogP contribution in [0, 0.1) is 5.92 Å². The van der Waals surface area contributed by atoms with Gasteiger partial charge in [-0.15, -0.1) is 0 Å². The molecule has 0 bridgehead atoms. The molecular formula is C14H26O5S. The number of ketones is 1. The Bertz CT molecular complexity index is 283. The van der Waals surface area contributed by atoms with Crippen molar-refractivity contribution in [3.63, 3.8) is 0 Å². The first-order chi connectivity index (χ1) is 9.47. The maximum absolute atomic E-state index is 11.2. The largest absolute Gasteiger partial charge is 0.463 e. The Morgan fingerprint density at radius 2 is 1.95 bits per heavy atom. The molecule has 0 amide bonds. The van der Waals surface area contributed by atoms with Gasteiger partial charge in [0.25, 0.3) is 0 Å². The molecule has 1 unspecified atom stereocenters. The molecule has 0 heterocycles. The number of esters is 1. The zero-order chi connectivity index (χ0) is 15.4. The lowest BCUT2D eigenvalue weighted by Gasteiger charge is -2.13. The Morgan fingerprint density at radius 1 is 1.25 bits per heavy atom. The minimum absolute atomic E-state index is 0.139. The Hall–Kier alpha value is -0.590. The molecule has 1 N–H and O–H groups in total. The van der Waals surface area contributed by atoms with Crippen molar-refractivity contribution in [3.05, 3.63) is 0 Å². The maximum atomic E-state index is 11.2. The summed E-state index contributed by atoms with van der Waals surface area (Å²) in [6.07, 6.45) is 1.20. The van der Waals surface area contributed by atoms with Crippen molar-refractivity contribution < 1.29 is 24.2 Å². The molecule has 0 spiro atoms. The van der Waals surface area contributed by atoms with Crippen molar-refractivity contribution in [2.24, 2.45) is 5.92 Å². The summed E-state index contributed by atoms with van der Waals surface area (Å²) in [4.78, 5) is 21.7. The topological polar surface area (TPSA) is 72.8 Å². The van der Waals surface area contributed by atoms with Crippen LogP contribution in [0.5, 0.6) is 0 Å². The smallest absolute Gasteiger partial charge is 0.302 e. The number of carbonyl (C=O) groups is 2. The quantitative estimate of drug-likeness (QED) is 0.437. The third-order valence-electron chi connectivity index (χ3n) is 2.83. The molecule has 0 aliphatic rings. The minimum atomic E-state index is -0.533. The zero-order valence-corrected chi connectivity index (χ0v) is 13.4. The molecule has 0 saturated carbocycles. The van der Waals surface area contributed by atoms with E-state index in [4.69, 9.17) is 9.47 Å². The van der Waals surface area contributed by atoms with Gasteiger partial charge in [-0.3, -0.25) is 9.59 Å². The Kier molecular flexibility index (Phi) is 11.8. The molecule has 0 fully saturated rings. The highest BCUT2D eigenvalue weighted by atomic mass is 32.2. The second-order valence-corrected chi connectivity index (χ2v) is 5.80. The molecule has 0 aromatic rings. The highest BCUT2D eigenvalue weighted by Crippen LogP contribution is 2.14. The summed E-state index contributed by atoms with van der Waals surface area (Å²) in [7, 11) is 0. The average molecular weight is 306 g/mol. The summed E-state index contributed by atoms with van der Waals surface area (Å²) in [5.74, 6) is 1.49. The standard InChI is InChI=1S/C14H26O5S/c1-4-13(11(2)15)5-8-20-10-14(17)9-18-6-7-19-12(3)16/h13-14,17H,4-10H2,1-3H3/t13-,14?/m0/s1. The van der Waals surface area contributed by atoms with Gasteiger partial charge in [0.1, 0.15) is 12.4 Å². The van der Waals surface area contributed by atoms with Crippen LogP contribution < -0.4 is 0 Å². The van der Waals surface area contributed by atoms with Gasteiger partial charge in [-0.1, -0.05) is 6.92 Å². The van der Waals surface area contributed by atoms with Gasteiger partial charge < -0.3 is 14.6 Å². The van der Waals surface area contributed by atoms with Gasteiger partial charge in [-0.25, -0.2) is 0 Å². The van der Waals surface area contributed by atoms with Gasteiger partial charge in [-0.05, 0) is 25.5 Å². The second-order valence-electron chi connectivity index (χ2n) is 4.65. The van der Waals surface area contributed by atoms with Crippen molar-refractivity contribution in [2.75, 3.05) is 31.3 Å². The van der Waals surface area contributed by atoms with Crippen LogP contribution in [0.15, 0.2) is 0 Å². The molecule has 20 heavy (non-hydrogen) atoms. The first-order valence-electron chi connectivity index (χ1n) is 6.94. The lowest BCUT2D eigenvalue weighted by atomic mass is 10.00. The van der Waals surface area contributed by atoms with Gasteiger partial charge in [0.05, 0.1) is 19.3 Å². The van der Waals surface area contributed by atoms with Crippen molar-refractivity contribution >= 4 is 23.5 Å². The van der Waals surface area contributed by atoms with E-state index in [9.17, 15) is 14.7 Å². The van der Waals surface area contributed by atoms with Crippen LogP contribution in [0.3, 0.4) is 0 Å². The van der Waals surface area contributed by atoms with Crippen LogP contribution in [0.1, 0.15) is 33.6 Å². The van der Waals surface area contributed by atoms with Crippen LogP contribution in [-0.4, -0.2) is 54.3 Å². The molecule has 2 atom stereocenters. The molecule has 5 nitrogen and oxygen atoms in total. The molecule has 118 valence electrons. The highest BCUT2D eigenvalue weighted by Gasteiger charge is 2.12. The SMILES string of the molecule is CC[C@@H](CCSCC(O)COCCOC(C)=O)C(C)=O. The van der Waals surface area contributed by atoms with E-state index >= 15 is 0 Å². The van der Waals surface area contributed by atoms with E-state index in [2.05, 4.69) is 0 Å². The van der Waals surface area contributed by atoms with E-state index in [0.717, 1.165) is 18.6 Å². The van der Waals surface area contributed by atoms with Crippen LogP contribution in [0.4, 0.5) is 0 Å². The summed E-state index contributed by atoms with van der Waals surface area (Å²) in [6, 6.07) is 0. The fourth-order valence-electron chi connectivity index (χ4n) is 1.65. The summed E-state index contributed by atoms with van der Waals surface area (Å²) in [5, 5.41) is 9.67. The number of rotatable bonds is 12. The zero-order valence-electron chi connectivity index (χ0n) is 12.6. The number of Topliss-reactive ketones (excluding diaryl/α,β-unsaturated/α-hetero) is 1. The Morgan fingerprint density at radius 3 is 2.50 bits per heavy atom. The number of hydrogen-bond acceptors (Lipinski definition) is 6. The second kappa shape index (κ2) is 12.2. The van der Waals surface area contributed by atoms with E-state index in [1.165, 1.54) is 6.92 Å². The predicted molar refractivity (Wildman–Crippen MR) is 79.9 cm³/mol. The fraction of sp³-hybridized carbons (Fsp3) is 0.857. The van der Waals surface area contributed by atoms with Crippen molar-refractivity contribution in [1.82, 2.24) is 0 Å². The molecular weight excluding hydrogens is 280 g/mol. The summed E-state index contributed by atoms with van der Waals surface area (Å²) in [5.41, 5.74) is 0. The van der Waals surface area contributed by atoms with Crippen LogP contribution in [0.25, 0.3) is 0 Å². The third-order valence-corrected chi connectivity index (χ3v) is 3.98. The van der Waals surface area contributed by atoms with E-state index in [1.807, 2.05) is 6.92 Å². The number of thioether (sulfide) groups is 1. The van der Waals surface area contributed by atoms with Crippen molar-refractivity contribution in [3.8, 4) is 0 Å². The lowest BCUT2D eigenvalue weighted by Crippen LogP contribution is -2.20. The lowest BCUT2D eigenvalue weighted by molar-refractivity contribution is -0.142. The summed E-state index contributed by atoms with van der Waals surface area (Å²) < 4.78 is 9.89. The van der Waals surface area contributed by atoms with Gasteiger partial charge in [0.2, 0.25) is 0 Å². The maximum Gasteiger partial charge on any atom is 0.302 e. The first-order valence-corrected chi connectivity index (χ1v) is 8.10. The van der Waals surface area contributed by atoms with Gasteiger partial charge >= 0.3 is 5.97 Å². The molecule has 0 aliphatic heterocycles. The third kappa shape index (κ3) is 11.3. The van der Waals surface area contributed by atoms with Gasteiger partial charge in [-0.2, -0.15) is 11.8 Å². The number of hydrogen-bond donors (Lipinski definition) is 1. The van der Waals surface area contributed by atoms with Crippen LogP contribution in [0.2, 0.25) is 0 Å². The first kappa shape index (κ1) is 19.4. The minimum Gasteiger partial charge on any atom is -0.463 e. The van der Waals surface area contributed by atoms with Gasteiger partial charge in [0, 0.05) is 18.6 Å². The van der Waals surface area contributed by atoms with E-state index in [-0.39, 0.29) is 30.9 Å². The summed E-state index contributed by atoms with van der Waals surface area (Å²) in [6.45, 7) is 5.73. The average Bonchev–Trinajstić information content (AvgIpc) is 2.37. The van der Waals surface area contributed by atoms with E-state index < -0.39 is 6.10 Å². The summed E-state index contributed by atoms with van der Waals surface area (Å²) >= 11 is 1.62. The molecule has 0 aromatic heterocycles.